The molecule has 0 radical (unpaired) electrons. The summed E-state index contributed by atoms with van der Waals surface area (Å²) in [5.41, 5.74) is 6.82. The molecule has 1 aromatic carbocycles. The fourth-order valence-electron chi connectivity index (χ4n) is 2.52. The number of para-hydroxylation sites is 1. The lowest BCUT2D eigenvalue weighted by Crippen LogP contribution is -2.50. The van der Waals surface area contributed by atoms with Crippen molar-refractivity contribution in [3.63, 3.8) is 0 Å². The third-order valence-corrected chi connectivity index (χ3v) is 3.50. The molecule has 2 atom stereocenters. The zero-order valence-electron chi connectivity index (χ0n) is 10.9. The van der Waals surface area contributed by atoms with E-state index in [0.29, 0.717) is 5.69 Å². The van der Waals surface area contributed by atoms with Gasteiger partial charge in [-0.3, -0.25) is 4.90 Å². The SMILES string of the molecule is N[C@@H]1C=CCCCC[C@H]1N(C(=O)O)c1ccccc1. The first-order chi connectivity index (χ1) is 9.20. The average Bonchev–Trinajstić information content (AvgIpc) is 2.39. The molecule has 0 fully saturated rings. The molecule has 2 rings (SSSR count). The third kappa shape index (κ3) is 3.35. The summed E-state index contributed by atoms with van der Waals surface area (Å²) in [5.74, 6) is 0. The Morgan fingerprint density at radius 3 is 2.68 bits per heavy atom. The first-order valence-corrected chi connectivity index (χ1v) is 6.69. The largest absolute Gasteiger partial charge is 0.465 e. The Morgan fingerprint density at radius 1 is 1.26 bits per heavy atom. The molecule has 0 spiro atoms. The van der Waals surface area contributed by atoms with Crippen molar-refractivity contribution < 1.29 is 9.90 Å². The van der Waals surface area contributed by atoms with Crippen LogP contribution in [0.25, 0.3) is 0 Å². The monoisotopic (exact) mass is 260 g/mol. The number of anilines is 1. The van der Waals surface area contributed by atoms with Gasteiger partial charge in [0.25, 0.3) is 0 Å². The fraction of sp³-hybridized carbons (Fsp3) is 0.400. The second-order valence-corrected chi connectivity index (χ2v) is 4.85. The quantitative estimate of drug-likeness (QED) is 0.803. The summed E-state index contributed by atoms with van der Waals surface area (Å²) < 4.78 is 0. The van der Waals surface area contributed by atoms with Crippen molar-refractivity contribution in [3.8, 4) is 0 Å². The Hall–Kier alpha value is -1.81. The predicted octanol–water partition coefficient (Wildman–Crippen LogP) is 3.00. The summed E-state index contributed by atoms with van der Waals surface area (Å²) in [7, 11) is 0. The van der Waals surface area contributed by atoms with Crippen molar-refractivity contribution in [2.45, 2.75) is 37.8 Å². The van der Waals surface area contributed by atoms with Crippen LogP contribution in [0.2, 0.25) is 0 Å². The first-order valence-electron chi connectivity index (χ1n) is 6.69. The van der Waals surface area contributed by atoms with Crippen LogP contribution in [0.4, 0.5) is 10.5 Å². The first kappa shape index (κ1) is 13.6. The minimum atomic E-state index is -0.944. The van der Waals surface area contributed by atoms with Gasteiger partial charge < -0.3 is 10.8 Å². The highest BCUT2D eigenvalue weighted by atomic mass is 16.4. The van der Waals surface area contributed by atoms with E-state index in [1.165, 1.54) is 4.90 Å². The van der Waals surface area contributed by atoms with Gasteiger partial charge in [0.15, 0.2) is 0 Å². The number of nitrogens with two attached hydrogens (primary N) is 1. The molecule has 0 unspecified atom stereocenters. The van der Waals surface area contributed by atoms with Crippen LogP contribution in [0, 0.1) is 0 Å². The van der Waals surface area contributed by atoms with Gasteiger partial charge >= 0.3 is 6.09 Å². The lowest BCUT2D eigenvalue weighted by molar-refractivity contribution is 0.197. The van der Waals surface area contributed by atoms with Gasteiger partial charge in [0.2, 0.25) is 0 Å². The highest BCUT2D eigenvalue weighted by Gasteiger charge is 2.28. The molecule has 0 saturated carbocycles. The minimum absolute atomic E-state index is 0.198. The van der Waals surface area contributed by atoms with E-state index < -0.39 is 6.09 Å². The smallest absolute Gasteiger partial charge is 0.412 e. The van der Waals surface area contributed by atoms with Crippen molar-refractivity contribution in [2.75, 3.05) is 4.90 Å². The Balaban J connectivity index is 2.29. The van der Waals surface area contributed by atoms with Gasteiger partial charge in [0.1, 0.15) is 0 Å². The molecule has 1 aliphatic rings. The summed E-state index contributed by atoms with van der Waals surface area (Å²) in [5, 5.41) is 9.51. The molecule has 0 heterocycles. The van der Waals surface area contributed by atoms with Crippen LogP contribution in [0.3, 0.4) is 0 Å². The van der Waals surface area contributed by atoms with Gasteiger partial charge in [-0.25, -0.2) is 4.79 Å². The maximum atomic E-state index is 11.6. The van der Waals surface area contributed by atoms with Gasteiger partial charge in [-0.15, -0.1) is 0 Å². The molecule has 19 heavy (non-hydrogen) atoms. The van der Waals surface area contributed by atoms with Gasteiger partial charge in [0.05, 0.1) is 6.04 Å². The number of hydrogen-bond acceptors (Lipinski definition) is 2. The molecule has 3 N–H and O–H groups in total. The summed E-state index contributed by atoms with van der Waals surface area (Å²) >= 11 is 0. The molecule has 102 valence electrons. The zero-order chi connectivity index (χ0) is 13.7. The fourth-order valence-corrected chi connectivity index (χ4v) is 2.52. The molecule has 4 heteroatoms. The maximum Gasteiger partial charge on any atom is 0.412 e. The van der Waals surface area contributed by atoms with E-state index in [4.69, 9.17) is 5.73 Å². The van der Waals surface area contributed by atoms with Crippen LogP contribution in [-0.2, 0) is 0 Å². The highest BCUT2D eigenvalue weighted by Crippen LogP contribution is 2.23. The zero-order valence-corrected chi connectivity index (χ0v) is 10.9. The van der Waals surface area contributed by atoms with Crippen LogP contribution in [0.1, 0.15) is 25.7 Å². The van der Waals surface area contributed by atoms with Crippen LogP contribution in [0.15, 0.2) is 42.5 Å². The summed E-state index contributed by atoms with van der Waals surface area (Å²) in [6.07, 6.45) is 6.96. The topological polar surface area (TPSA) is 66.6 Å². The molecule has 1 aromatic rings. The number of rotatable bonds is 2. The summed E-state index contributed by atoms with van der Waals surface area (Å²) in [6.45, 7) is 0. The molecule has 1 amide bonds. The Labute approximate surface area is 113 Å². The second kappa shape index (κ2) is 6.38. The Kier molecular flexibility index (Phi) is 4.58. The van der Waals surface area contributed by atoms with Crippen molar-refractivity contribution in [2.24, 2.45) is 5.73 Å². The number of carboxylic acid groups (broad SMARTS) is 1. The molecule has 1 aliphatic carbocycles. The van der Waals surface area contributed by atoms with Crippen LogP contribution in [0.5, 0.6) is 0 Å². The van der Waals surface area contributed by atoms with Crippen molar-refractivity contribution >= 4 is 11.8 Å². The Bertz CT molecular complexity index is 445. The molecule has 0 saturated heterocycles. The van der Waals surface area contributed by atoms with E-state index in [0.717, 1.165) is 25.7 Å². The molecule has 0 aliphatic heterocycles. The number of nitrogens with zero attached hydrogens (tertiary/aromatic N) is 1. The van der Waals surface area contributed by atoms with E-state index >= 15 is 0 Å². The standard InChI is InChI=1S/C15H20N2O2/c16-13-10-6-1-2-7-11-14(13)17(15(18)19)12-8-4-3-5-9-12/h3-6,8-10,13-14H,1-2,7,11,16H2,(H,18,19)/t13-,14-/m1/s1. The third-order valence-electron chi connectivity index (χ3n) is 3.50. The summed E-state index contributed by atoms with van der Waals surface area (Å²) in [6, 6.07) is 8.73. The summed E-state index contributed by atoms with van der Waals surface area (Å²) in [4.78, 5) is 13.0. The highest BCUT2D eigenvalue weighted by molar-refractivity contribution is 5.86. The Morgan fingerprint density at radius 2 is 2.00 bits per heavy atom. The number of hydrogen-bond donors (Lipinski definition) is 2. The van der Waals surface area contributed by atoms with Gasteiger partial charge in [0, 0.05) is 11.7 Å². The second-order valence-electron chi connectivity index (χ2n) is 4.85. The molecular weight excluding hydrogens is 240 g/mol. The van der Waals surface area contributed by atoms with Crippen LogP contribution < -0.4 is 10.6 Å². The van der Waals surface area contributed by atoms with E-state index in [9.17, 15) is 9.90 Å². The van der Waals surface area contributed by atoms with Crippen molar-refractivity contribution in [1.29, 1.82) is 0 Å². The number of allylic oxidation sites excluding steroid dienone is 1. The van der Waals surface area contributed by atoms with Gasteiger partial charge in [-0.2, -0.15) is 0 Å². The lowest BCUT2D eigenvalue weighted by atomic mass is 9.96. The van der Waals surface area contributed by atoms with Crippen molar-refractivity contribution in [3.05, 3.63) is 42.5 Å². The minimum Gasteiger partial charge on any atom is -0.465 e. The van der Waals surface area contributed by atoms with E-state index in [-0.39, 0.29) is 12.1 Å². The number of amides is 1. The number of benzene rings is 1. The molecule has 0 aromatic heterocycles. The number of carbonyl (C=O) groups is 1. The van der Waals surface area contributed by atoms with E-state index in [1.54, 1.807) is 0 Å². The maximum absolute atomic E-state index is 11.6. The molecule has 4 nitrogen and oxygen atoms in total. The van der Waals surface area contributed by atoms with Crippen LogP contribution in [-0.4, -0.2) is 23.3 Å². The molecular formula is C15H20N2O2. The normalized spacial score (nSPS) is 23.4. The van der Waals surface area contributed by atoms with E-state index in [2.05, 4.69) is 6.08 Å². The van der Waals surface area contributed by atoms with Crippen molar-refractivity contribution in [1.82, 2.24) is 0 Å². The predicted molar refractivity (Wildman–Crippen MR) is 76.3 cm³/mol. The van der Waals surface area contributed by atoms with E-state index in [1.807, 2.05) is 36.4 Å². The molecule has 0 bridgehead atoms. The van der Waals surface area contributed by atoms with Crippen LogP contribution >= 0.6 is 0 Å². The van der Waals surface area contributed by atoms with Gasteiger partial charge in [-0.1, -0.05) is 36.8 Å². The lowest BCUT2D eigenvalue weighted by Gasteiger charge is -2.33. The average molecular weight is 260 g/mol. The van der Waals surface area contributed by atoms with Gasteiger partial charge in [-0.05, 0) is 31.4 Å².